The highest BCUT2D eigenvalue weighted by molar-refractivity contribution is 9.08. The maximum atomic E-state index is 12.1. The van der Waals surface area contributed by atoms with Crippen LogP contribution in [-0.4, -0.2) is 52.6 Å². The fourth-order valence-electron chi connectivity index (χ4n) is 4.24. The van der Waals surface area contributed by atoms with Crippen molar-refractivity contribution in [1.82, 2.24) is 15.0 Å². The van der Waals surface area contributed by atoms with Gasteiger partial charge in [0.1, 0.15) is 15.5 Å². The molecule has 20 heteroatoms. The molecule has 1 amide bonds. The number of hydrogen-bond donors (Lipinski definition) is 6. The number of carbonyl (C=O) groups excluding carboxylic acids is 1. The number of nitrogens with zero attached hydrogens (tertiary/aromatic N) is 5. The molecule has 5 rings (SSSR count). The van der Waals surface area contributed by atoms with Gasteiger partial charge in [0.05, 0.1) is 11.4 Å². The van der Waals surface area contributed by atoms with Gasteiger partial charge in [-0.2, -0.15) is 36.9 Å². The third kappa shape index (κ3) is 9.18. The maximum absolute atomic E-state index is 12.1. The van der Waals surface area contributed by atoms with Gasteiger partial charge >= 0.3 is 0 Å². The Morgan fingerprint density at radius 1 is 0.792 bits per heavy atom. The molecule has 0 saturated heterocycles. The molecule has 48 heavy (non-hydrogen) atoms. The highest BCUT2D eigenvalue weighted by atomic mass is 79.9. The molecule has 0 atom stereocenters. The number of azo groups is 1. The van der Waals surface area contributed by atoms with Crippen LogP contribution < -0.4 is 21.7 Å². The Morgan fingerprint density at radius 3 is 2.02 bits per heavy atom. The van der Waals surface area contributed by atoms with E-state index >= 15 is 0 Å². The lowest BCUT2D eigenvalue weighted by molar-refractivity contribution is -0.114. The van der Waals surface area contributed by atoms with Gasteiger partial charge in [-0.1, -0.05) is 34.1 Å². The summed E-state index contributed by atoms with van der Waals surface area (Å²) < 4.78 is 67.6. The average Bonchev–Trinajstić information content (AvgIpc) is 2.99. The SMILES string of the molecule is CBr.CC(=O)Nc1cc(Nc2nc(Cl)nc(Nc3cccc(N)c3)n2)ccc1N=Nc1cc(S(=O)(=O)O)c2cccc(S(=O)(=O)O)c2c1. The number of rotatable bonds is 9. The molecule has 0 saturated carbocycles. The molecule has 0 spiro atoms. The first kappa shape index (κ1) is 36.1. The summed E-state index contributed by atoms with van der Waals surface area (Å²) in [6, 6.07) is 17.0. The number of halogens is 2. The van der Waals surface area contributed by atoms with E-state index in [0.29, 0.717) is 17.1 Å². The van der Waals surface area contributed by atoms with Crippen LogP contribution in [-0.2, 0) is 25.0 Å². The van der Waals surface area contributed by atoms with Crippen LogP contribution in [0, 0.1) is 0 Å². The van der Waals surface area contributed by atoms with E-state index in [2.05, 4.69) is 57.1 Å². The van der Waals surface area contributed by atoms with Crippen LogP contribution in [0.5, 0.6) is 0 Å². The van der Waals surface area contributed by atoms with Crippen molar-refractivity contribution < 1.29 is 30.7 Å². The van der Waals surface area contributed by atoms with Gasteiger partial charge < -0.3 is 21.7 Å². The van der Waals surface area contributed by atoms with E-state index in [9.17, 15) is 30.7 Å². The Kier molecular flexibility index (Phi) is 11.2. The van der Waals surface area contributed by atoms with Crippen molar-refractivity contribution in [1.29, 1.82) is 0 Å². The molecule has 0 bridgehead atoms. The van der Waals surface area contributed by atoms with Crippen molar-refractivity contribution in [2.45, 2.75) is 16.7 Å². The second-order valence-electron chi connectivity index (χ2n) is 9.49. The predicted octanol–water partition coefficient (Wildman–Crippen LogP) is 6.63. The number of carbonyl (C=O) groups is 1. The summed E-state index contributed by atoms with van der Waals surface area (Å²) in [5, 5.41) is 16.1. The van der Waals surface area contributed by atoms with Gasteiger partial charge in [-0.3, -0.25) is 13.9 Å². The average molecular weight is 779 g/mol. The molecule has 7 N–H and O–H groups in total. The number of nitrogens with one attached hydrogen (secondary N) is 3. The minimum absolute atomic E-state index is 0.0538. The number of amides is 1. The van der Waals surface area contributed by atoms with E-state index in [0.717, 1.165) is 12.1 Å². The number of alkyl halides is 1. The van der Waals surface area contributed by atoms with E-state index in [1.54, 1.807) is 30.3 Å². The number of nitrogens with two attached hydrogens (primary N) is 1. The second-order valence-corrected chi connectivity index (χ2v) is 12.6. The molecule has 4 aromatic carbocycles. The van der Waals surface area contributed by atoms with Crippen LogP contribution in [0.3, 0.4) is 0 Å². The second kappa shape index (κ2) is 15.0. The molecular weight excluding hydrogens is 754 g/mol. The summed E-state index contributed by atoms with van der Waals surface area (Å²) in [7, 11) is -9.65. The fourth-order valence-corrected chi connectivity index (χ4v) is 5.83. The monoisotopic (exact) mass is 777 g/mol. The molecule has 1 heterocycles. The molecule has 0 aliphatic carbocycles. The van der Waals surface area contributed by atoms with E-state index in [-0.39, 0.29) is 45.0 Å². The fraction of sp³-hybridized carbons (Fsp3) is 0.0714. The number of hydrogen-bond acceptors (Lipinski definition) is 13. The van der Waals surface area contributed by atoms with Gasteiger partial charge in [0.2, 0.25) is 23.1 Å². The quantitative estimate of drug-likeness (QED) is 0.0398. The highest BCUT2D eigenvalue weighted by Gasteiger charge is 2.21. The maximum Gasteiger partial charge on any atom is 0.295 e. The van der Waals surface area contributed by atoms with Crippen LogP contribution in [0.4, 0.5) is 46.0 Å². The zero-order valence-electron chi connectivity index (χ0n) is 24.7. The number of anilines is 6. The van der Waals surface area contributed by atoms with Crippen LogP contribution >= 0.6 is 27.5 Å². The zero-order valence-corrected chi connectivity index (χ0v) is 28.7. The minimum Gasteiger partial charge on any atom is -0.399 e. The summed E-state index contributed by atoms with van der Waals surface area (Å²) in [6.45, 7) is 1.26. The summed E-state index contributed by atoms with van der Waals surface area (Å²) in [5.41, 5.74) is 7.41. The Morgan fingerprint density at radius 2 is 1.42 bits per heavy atom. The summed E-state index contributed by atoms with van der Waals surface area (Å²) in [6.07, 6.45) is 0. The van der Waals surface area contributed by atoms with E-state index in [4.69, 9.17) is 17.3 Å². The van der Waals surface area contributed by atoms with Gasteiger partial charge in [0, 0.05) is 34.8 Å². The largest absolute Gasteiger partial charge is 0.399 e. The molecule has 250 valence electrons. The Labute approximate surface area is 287 Å². The van der Waals surface area contributed by atoms with Gasteiger partial charge in [-0.05, 0) is 72.0 Å². The third-order valence-corrected chi connectivity index (χ3v) is 8.02. The molecular formula is C28H25BrClN9O7S2. The van der Waals surface area contributed by atoms with Crippen LogP contribution in [0.1, 0.15) is 6.92 Å². The first-order valence-corrected chi connectivity index (χ1v) is 18.0. The third-order valence-electron chi connectivity index (χ3n) is 6.05. The number of aromatic nitrogens is 3. The minimum atomic E-state index is -4.86. The van der Waals surface area contributed by atoms with Gasteiger partial charge in [0.15, 0.2) is 0 Å². The number of fused-ring (bicyclic) bond motifs is 1. The topological polar surface area (TPSA) is 251 Å². The Hall–Kier alpha value is -4.79. The van der Waals surface area contributed by atoms with Crippen LogP contribution in [0.15, 0.2) is 92.8 Å². The molecule has 5 aromatic rings. The van der Waals surface area contributed by atoms with Crippen molar-refractivity contribution in [3.63, 3.8) is 0 Å². The van der Waals surface area contributed by atoms with Crippen molar-refractivity contribution in [3.05, 3.63) is 78.1 Å². The molecule has 0 aliphatic rings. The summed E-state index contributed by atoms with van der Waals surface area (Å²) >= 11 is 9.03. The summed E-state index contributed by atoms with van der Waals surface area (Å²) in [5.74, 6) is 1.53. The number of benzene rings is 4. The normalized spacial score (nSPS) is 11.5. The van der Waals surface area contributed by atoms with Crippen molar-refractivity contribution in [2.75, 3.05) is 27.5 Å². The van der Waals surface area contributed by atoms with E-state index in [1.165, 1.54) is 37.3 Å². The van der Waals surface area contributed by atoms with E-state index < -0.39 is 35.9 Å². The highest BCUT2D eigenvalue weighted by Crippen LogP contribution is 2.35. The number of nitrogen functional groups attached to an aromatic ring is 1. The molecule has 1 aromatic heterocycles. The smallest absolute Gasteiger partial charge is 0.295 e. The molecule has 0 unspecified atom stereocenters. The zero-order chi connectivity index (χ0) is 35.2. The van der Waals surface area contributed by atoms with Crippen molar-refractivity contribution >= 4 is 110 Å². The summed E-state index contributed by atoms with van der Waals surface area (Å²) in [4.78, 5) is 23.1. The lowest BCUT2D eigenvalue weighted by Crippen LogP contribution is -2.07. The first-order valence-electron chi connectivity index (χ1n) is 13.2. The van der Waals surface area contributed by atoms with Crippen LogP contribution in [0.2, 0.25) is 5.28 Å². The lowest BCUT2D eigenvalue weighted by atomic mass is 10.1. The van der Waals surface area contributed by atoms with Gasteiger partial charge in [-0.15, -0.1) is 5.11 Å². The van der Waals surface area contributed by atoms with Crippen molar-refractivity contribution in [2.24, 2.45) is 10.2 Å². The molecule has 0 radical (unpaired) electrons. The predicted molar refractivity (Wildman–Crippen MR) is 186 cm³/mol. The van der Waals surface area contributed by atoms with Crippen molar-refractivity contribution in [3.8, 4) is 0 Å². The van der Waals surface area contributed by atoms with Crippen LogP contribution in [0.25, 0.3) is 10.8 Å². The lowest BCUT2D eigenvalue weighted by Gasteiger charge is -2.11. The molecule has 0 aliphatic heterocycles. The standard InChI is InChI=1S/C27H22ClN9O7S2.CH3Br/c1-14(38)30-22-12-17(32-27-34-25(28)33-26(35-27)31-16-5-2-4-15(29)10-16)8-9-21(22)37-36-18-11-20-19(24(13-18)46(42,43)44)6-3-7-23(20)45(39,40)41;1-2/h2-13H,29H2,1H3,(H,30,38)(H,39,40,41)(H,42,43,44)(H2,31,32,33,34,35);1H3. The van der Waals surface area contributed by atoms with Gasteiger partial charge in [0.25, 0.3) is 20.2 Å². The van der Waals surface area contributed by atoms with Gasteiger partial charge in [-0.25, -0.2) is 0 Å². The Bertz CT molecular complexity index is 2280. The Balaban J connectivity index is 0.00000255. The van der Waals surface area contributed by atoms with E-state index in [1.807, 2.05) is 5.83 Å². The first-order chi connectivity index (χ1) is 22.7. The molecule has 0 fully saturated rings. The molecule has 16 nitrogen and oxygen atoms in total.